The second-order valence-corrected chi connectivity index (χ2v) is 8.61. The van der Waals surface area contributed by atoms with Crippen molar-refractivity contribution in [2.75, 3.05) is 13.1 Å². The van der Waals surface area contributed by atoms with Crippen molar-refractivity contribution in [3.05, 3.63) is 46.3 Å². The van der Waals surface area contributed by atoms with E-state index in [4.69, 9.17) is 11.3 Å². The molecule has 0 saturated carbocycles. The van der Waals surface area contributed by atoms with Crippen LogP contribution in [0.15, 0.2) is 18.2 Å². The van der Waals surface area contributed by atoms with Crippen molar-refractivity contribution in [1.82, 2.24) is 9.47 Å². The normalized spacial score (nSPS) is 26.1. The first-order valence-electron chi connectivity index (χ1n) is 9.53. The van der Waals surface area contributed by atoms with E-state index in [1.165, 1.54) is 6.07 Å². The van der Waals surface area contributed by atoms with E-state index in [2.05, 4.69) is 9.74 Å². The highest BCUT2D eigenvalue weighted by Crippen LogP contribution is 2.59. The number of hydrogen-bond acceptors (Lipinski definition) is 4. The number of morpholine rings is 1. The molecule has 0 amide bonds. The van der Waals surface area contributed by atoms with E-state index in [1.807, 2.05) is 13.8 Å². The average molecular weight is 421 g/mol. The maximum atomic E-state index is 13.4. The van der Waals surface area contributed by atoms with Crippen LogP contribution in [0.25, 0.3) is 10.5 Å². The number of nitrogens with zero attached hydrogens (tertiary/aromatic N) is 3. The molecule has 2 aliphatic heterocycles. The molecule has 0 aliphatic carbocycles. The molecule has 2 aromatic rings. The fraction of sp³-hybridized carbons (Fsp3) is 0.476. The molecule has 4 rings (SSSR count). The molecule has 3 heterocycles. The first-order valence-corrected chi connectivity index (χ1v) is 9.53. The van der Waals surface area contributed by atoms with Gasteiger partial charge in [-0.05, 0) is 39.8 Å². The molecule has 1 aromatic heterocycles. The molecule has 2 N–H and O–H groups in total. The SMILES string of the molecule is [C-]#[N+]c1ccc(-n2c(O)c3c(c2O)[C@]2(C)CN(C(C)C)C[C@@]3(C)O2)cc1C(F)(F)F. The molecule has 0 spiro atoms. The number of aromatic hydroxyl groups is 2. The van der Waals surface area contributed by atoms with Crippen LogP contribution in [-0.2, 0) is 22.1 Å². The summed E-state index contributed by atoms with van der Waals surface area (Å²) in [4.78, 5) is 5.11. The van der Waals surface area contributed by atoms with Crippen LogP contribution in [0.4, 0.5) is 18.9 Å². The van der Waals surface area contributed by atoms with Crippen LogP contribution in [-0.4, -0.2) is 38.8 Å². The Morgan fingerprint density at radius 1 is 1.10 bits per heavy atom. The summed E-state index contributed by atoms with van der Waals surface area (Å²) in [7, 11) is 0. The van der Waals surface area contributed by atoms with Crippen LogP contribution < -0.4 is 0 Å². The lowest BCUT2D eigenvalue weighted by atomic mass is 9.94. The van der Waals surface area contributed by atoms with E-state index >= 15 is 0 Å². The molecule has 160 valence electrons. The number of benzene rings is 1. The Morgan fingerprint density at radius 3 is 2.07 bits per heavy atom. The number of rotatable bonds is 2. The van der Waals surface area contributed by atoms with Crippen LogP contribution in [0.2, 0.25) is 0 Å². The maximum absolute atomic E-state index is 13.4. The number of hydrogen-bond donors (Lipinski definition) is 2. The highest BCUT2D eigenvalue weighted by Gasteiger charge is 2.59. The predicted octanol–water partition coefficient (Wildman–Crippen LogP) is 4.64. The Labute approximate surface area is 171 Å². The molecule has 6 nitrogen and oxygen atoms in total. The van der Waals surface area contributed by atoms with Crippen molar-refractivity contribution in [2.45, 2.75) is 51.1 Å². The zero-order chi connectivity index (χ0) is 22.2. The molecule has 2 bridgehead atoms. The Kier molecular flexibility index (Phi) is 4.22. The first kappa shape index (κ1) is 20.6. The van der Waals surface area contributed by atoms with Crippen molar-refractivity contribution in [3.63, 3.8) is 0 Å². The van der Waals surface area contributed by atoms with Gasteiger partial charge in [0.25, 0.3) is 0 Å². The summed E-state index contributed by atoms with van der Waals surface area (Å²) in [5, 5.41) is 22.0. The number of alkyl halides is 3. The monoisotopic (exact) mass is 421 g/mol. The molecule has 2 atom stereocenters. The summed E-state index contributed by atoms with van der Waals surface area (Å²) in [6, 6.07) is 3.29. The second kappa shape index (κ2) is 6.15. The van der Waals surface area contributed by atoms with Gasteiger partial charge >= 0.3 is 6.18 Å². The summed E-state index contributed by atoms with van der Waals surface area (Å²) >= 11 is 0. The van der Waals surface area contributed by atoms with Crippen molar-refractivity contribution < 1.29 is 28.1 Å². The van der Waals surface area contributed by atoms with E-state index in [-0.39, 0.29) is 23.5 Å². The largest absolute Gasteiger partial charge is 0.494 e. The predicted molar refractivity (Wildman–Crippen MR) is 103 cm³/mol. The number of aromatic nitrogens is 1. The smallest absolute Gasteiger partial charge is 0.407 e. The van der Waals surface area contributed by atoms with Crippen molar-refractivity contribution >= 4 is 5.69 Å². The lowest BCUT2D eigenvalue weighted by Gasteiger charge is -2.45. The van der Waals surface area contributed by atoms with E-state index in [0.29, 0.717) is 24.2 Å². The molecule has 1 fully saturated rings. The summed E-state index contributed by atoms with van der Waals surface area (Å²) in [6.07, 6.45) is -4.74. The van der Waals surface area contributed by atoms with Crippen LogP contribution in [0.3, 0.4) is 0 Å². The van der Waals surface area contributed by atoms with Gasteiger partial charge in [0.15, 0.2) is 5.69 Å². The van der Waals surface area contributed by atoms with Crippen molar-refractivity contribution in [2.24, 2.45) is 0 Å². The topological polar surface area (TPSA) is 62.2 Å². The van der Waals surface area contributed by atoms with Crippen molar-refractivity contribution in [1.29, 1.82) is 0 Å². The van der Waals surface area contributed by atoms with E-state index in [9.17, 15) is 23.4 Å². The molecule has 30 heavy (non-hydrogen) atoms. The Balaban J connectivity index is 1.92. The van der Waals surface area contributed by atoms with Gasteiger partial charge in [-0.1, -0.05) is 6.07 Å². The van der Waals surface area contributed by atoms with Gasteiger partial charge in [-0.15, -0.1) is 0 Å². The molecule has 2 aliphatic rings. The van der Waals surface area contributed by atoms with Gasteiger partial charge in [-0.25, -0.2) is 4.85 Å². The minimum atomic E-state index is -4.74. The quantitative estimate of drug-likeness (QED) is 0.694. The van der Waals surface area contributed by atoms with Gasteiger partial charge in [0.05, 0.1) is 28.9 Å². The molecule has 9 heteroatoms. The molecule has 0 unspecified atom stereocenters. The third-order valence-corrected chi connectivity index (χ3v) is 6.03. The van der Waals surface area contributed by atoms with E-state index in [0.717, 1.165) is 16.7 Å². The standard InChI is InChI=1S/C21H22F3N3O3/c1-11(2)26-9-19(3)15-16(20(4,10-26)30-19)18(29)27(17(15)28)12-6-7-14(25-5)13(8-12)21(22,23)24/h6-8,11,28-29H,9-10H2,1-4H3/t19-,20+. The highest BCUT2D eigenvalue weighted by molar-refractivity contribution is 5.63. The zero-order valence-electron chi connectivity index (χ0n) is 17.0. The molecule has 1 aromatic carbocycles. The van der Waals surface area contributed by atoms with Gasteiger partial charge < -0.3 is 14.9 Å². The maximum Gasteiger partial charge on any atom is 0.407 e. The first-order chi connectivity index (χ1) is 13.8. The molecule has 0 radical (unpaired) electrons. The van der Waals surface area contributed by atoms with Gasteiger partial charge in [0.1, 0.15) is 11.2 Å². The lowest BCUT2D eigenvalue weighted by Crippen LogP contribution is -2.53. The summed E-state index contributed by atoms with van der Waals surface area (Å²) in [5.41, 5.74) is -2.84. The number of fused-ring (bicyclic) bond motifs is 5. The Hall–Kier alpha value is -2.70. The van der Waals surface area contributed by atoms with Crippen LogP contribution in [0, 0.1) is 6.57 Å². The minimum absolute atomic E-state index is 0.0786. The summed E-state index contributed by atoms with van der Waals surface area (Å²) < 4.78 is 47.5. The minimum Gasteiger partial charge on any atom is -0.494 e. The third kappa shape index (κ3) is 2.71. The van der Waals surface area contributed by atoms with Crippen LogP contribution in [0.5, 0.6) is 11.8 Å². The summed E-state index contributed by atoms with van der Waals surface area (Å²) in [6.45, 7) is 15.6. The van der Waals surface area contributed by atoms with E-state index in [1.54, 1.807) is 13.8 Å². The van der Waals surface area contributed by atoms with Gasteiger partial charge in [0.2, 0.25) is 11.8 Å². The van der Waals surface area contributed by atoms with Crippen molar-refractivity contribution in [3.8, 4) is 17.4 Å². The second-order valence-electron chi connectivity index (χ2n) is 8.61. The number of halogens is 3. The Morgan fingerprint density at radius 2 is 1.63 bits per heavy atom. The Bertz CT molecular complexity index is 1040. The fourth-order valence-electron chi connectivity index (χ4n) is 4.80. The van der Waals surface area contributed by atoms with Gasteiger partial charge in [0, 0.05) is 19.1 Å². The fourth-order valence-corrected chi connectivity index (χ4v) is 4.80. The highest BCUT2D eigenvalue weighted by atomic mass is 19.4. The van der Waals surface area contributed by atoms with Gasteiger partial charge in [-0.3, -0.25) is 9.47 Å². The molecular weight excluding hydrogens is 399 g/mol. The third-order valence-electron chi connectivity index (χ3n) is 6.03. The van der Waals surface area contributed by atoms with Crippen LogP contribution in [0.1, 0.15) is 44.4 Å². The number of ether oxygens (including phenoxy) is 1. The molecular formula is C21H22F3N3O3. The lowest BCUT2D eigenvalue weighted by molar-refractivity contribution is -0.191. The average Bonchev–Trinajstić information content (AvgIpc) is 3.00. The van der Waals surface area contributed by atoms with E-state index < -0.39 is 28.6 Å². The molecule has 1 saturated heterocycles. The zero-order valence-corrected chi connectivity index (χ0v) is 17.0. The summed E-state index contributed by atoms with van der Waals surface area (Å²) in [5.74, 6) is -0.717. The van der Waals surface area contributed by atoms with Crippen LogP contribution >= 0.6 is 0 Å². The van der Waals surface area contributed by atoms with Gasteiger partial charge in [-0.2, -0.15) is 13.2 Å².